The van der Waals surface area contributed by atoms with Gasteiger partial charge in [0.05, 0.1) is 12.6 Å². The van der Waals surface area contributed by atoms with E-state index in [0.29, 0.717) is 12.3 Å². The Bertz CT molecular complexity index is 473. The average Bonchev–Trinajstić information content (AvgIpc) is 2.95. The van der Waals surface area contributed by atoms with Crippen molar-refractivity contribution in [2.75, 3.05) is 19.7 Å². The molecule has 1 aromatic rings. The monoisotopic (exact) mass is 333 g/mol. The maximum absolute atomic E-state index is 11.7. The van der Waals surface area contributed by atoms with Gasteiger partial charge in [0.2, 0.25) is 0 Å². The van der Waals surface area contributed by atoms with Crippen LogP contribution in [0, 0.1) is 0 Å². The van der Waals surface area contributed by atoms with E-state index in [2.05, 4.69) is 9.88 Å². The number of likely N-dealkylation sites (tertiary alicyclic amines) is 1. The number of carbonyl (C=O) groups excluding carboxylic acids is 1. The van der Waals surface area contributed by atoms with Gasteiger partial charge in [-0.3, -0.25) is 4.90 Å². The molecule has 2 N–H and O–H groups in total. The molecule has 0 aromatic carbocycles. The number of hydrogen-bond donors (Lipinski definition) is 1. The molecule has 2 rings (SSSR count). The Morgan fingerprint density at radius 2 is 2.33 bits per heavy atom. The molecule has 0 saturated carbocycles. The number of hydrogen-bond acceptors (Lipinski definition) is 6. The Morgan fingerprint density at radius 3 is 2.95 bits per heavy atom. The van der Waals surface area contributed by atoms with E-state index in [1.807, 2.05) is 13.8 Å². The molecule has 1 unspecified atom stereocenters. The topological polar surface area (TPSA) is 68.5 Å². The number of nitrogens with two attached hydrogens (primary N) is 1. The SMILES string of the molecule is CCOC(=O)c1csc(C2CCCN2CC(C)(C)N)n1.Cl. The number of esters is 1. The summed E-state index contributed by atoms with van der Waals surface area (Å²) in [5.74, 6) is -0.335. The van der Waals surface area contributed by atoms with E-state index in [4.69, 9.17) is 10.5 Å². The first-order valence-corrected chi connectivity index (χ1v) is 7.94. The number of ether oxygens (including phenoxy) is 1. The van der Waals surface area contributed by atoms with Gasteiger partial charge in [0, 0.05) is 17.5 Å². The largest absolute Gasteiger partial charge is 0.461 e. The van der Waals surface area contributed by atoms with Crippen LogP contribution >= 0.6 is 23.7 Å². The minimum atomic E-state index is -0.335. The third-order valence-corrected chi connectivity index (χ3v) is 4.21. The molecule has 1 saturated heterocycles. The Morgan fingerprint density at radius 1 is 1.62 bits per heavy atom. The minimum Gasteiger partial charge on any atom is -0.461 e. The summed E-state index contributed by atoms with van der Waals surface area (Å²) in [5.41, 5.74) is 6.32. The van der Waals surface area contributed by atoms with Crippen molar-refractivity contribution in [3.63, 3.8) is 0 Å². The zero-order chi connectivity index (χ0) is 14.8. The minimum absolute atomic E-state index is 0. The number of halogens is 1. The van der Waals surface area contributed by atoms with Crippen LogP contribution in [-0.2, 0) is 4.74 Å². The molecule has 1 atom stereocenters. The van der Waals surface area contributed by atoms with Crippen molar-refractivity contribution in [2.45, 2.75) is 45.2 Å². The van der Waals surface area contributed by atoms with Gasteiger partial charge in [-0.05, 0) is 40.2 Å². The fraction of sp³-hybridized carbons (Fsp3) is 0.714. The van der Waals surface area contributed by atoms with Gasteiger partial charge in [-0.15, -0.1) is 23.7 Å². The van der Waals surface area contributed by atoms with Gasteiger partial charge in [-0.25, -0.2) is 9.78 Å². The second-order valence-corrected chi connectivity index (χ2v) is 6.80. The average molecular weight is 334 g/mol. The summed E-state index contributed by atoms with van der Waals surface area (Å²) >= 11 is 1.54. The van der Waals surface area contributed by atoms with Gasteiger partial charge in [0.1, 0.15) is 5.01 Å². The molecule has 1 aliphatic heterocycles. The first-order valence-electron chi connectivity index (χ1n) is 7.06. The van der Waals surface area contributed by atoms with Gasteiger partial charge in [-0.2, -0.15) is 0 Å². The van der Waals surface area contributed by atoms with E-state index in [1.165, 1.54) is 11.3 Å². The molecule has 0 spiro atoms. The normalized spacial score (nSPS) is 19.3. The van der Waals surface area contributed by atoms with Crippen molar-refractivity contribution in [1.29, 1.82) is 0 Å². The molecule has 0 radical (unpaired) electrons. The highest BCUT2D eigenvalue weighted by molar-refractivity contribution is 7.09. The van der Waals surface area contributed by atoms with Gasteiger partial charge >= 0.3 is 5.97 Å². The molecule has 5 nitrogen and oxygen atoms in total. The van der Waals surface area contributed by atoms with Crippen LogP contribution in [0.4, 0.5) is 0 Å². The van der Waals surface area contributed by atoms with E-state index in [-0.39, 0.29) is 30.0 Å². The predicted molar refractivity (Wildman–Crippen MR) is 87.1 cm³/mol. The summed E-state index contributed by atoms with van der Waals surface area (Å²) in [6.45, 7) is 8.13. The lowest BCUT2D eigenvalue weighted by molar-refractivity contribution is 0.0520. The molecule has 120 valence electrons. The second kappa shape index (κ2) is 7.54. The van der Waals surface area contributed by atoms with E-state index in [0.717, 1.165) is 30.9 Å². The third-order valence-electron chi connectivity index (χ3n) is 3.27. The van der Waals surface area contributed by atoms with Crippen molar-refractivity contribution >= 4 is 29.7 Å². The van der Waals surface area contributed by atoms with Crippen molar-refractivity contribution in [1.82, 2.24) is 9.88 Å². The summed E-state index contributed by atoms with van der Waals surface area (Å²) in [7, 11) is 0. The molecule has 1 aliphatic rings. The number of carbonyl (C=O) groups is 1. The molecule has 1 aromatic heterocycles. The lowest BCUT2D eigenvalue weighted by atomic mass is 10.1. The van der Waals surface area contributed by atoms with Gasteiger partial charge in [-0.1, -0.05) is 0 Å². The van der Waals surface area contributed by atoms with Crippen LogP contribution in [0.2, 0.25) is 0 Å². The quantitative estimate of drug-likeness (QED) is 0.839. The van der Waals surface area contributed by atoms with E-state index >= 15 is 0 Å². The first-order chi connectivity index (χ1) is 9.40. The number of aromatic nitrogens is 1. The highest BCUT2D eigenvalue weighted by Crippen LogP contribution is 2.34. The Hall–Kier alpha value is -0.690. The molecular formula is C14H24ClN3O2S. The summed E-state index contributed by atoms with van der Waals surface area (Å²) in [6.07, 6.45) is 2.22. The van der Waals surface area contributed by atoms with Gasteiger partial charge < -0.3 is 10.5 Å². The summed E-state index contributed by atoms with van der Waals surface area (Å²) in [4.78, 5) is 18.5. The Balaban J connectivity index is 0.00000220. The zero-order valence-electron chi connectivity index (χ0n) is 12.8. The fourth-order valence-corrected chi connectivity index (χ4v) is 3.51. The molecule has 0 aliphatic carbocycles. The summed E-state index contributed by atoms with van der Waals surface area (Å²) in [6, 6.07) is 0.283. The Labute approximate surface area is 136 Å². The van der Waals surface area contributed by atoms with Crippen LogP contribution in [0.15, 0.2) is 5.38 Å². The highest BCUT2D eigenvalue weighted by Gasteiger charge is 2.31. The molecule has 0 amide bonds. The molecule has 2 heterocycles. The van der Waals surface area contributed by atoms with E-state index < -0.39 is 0 Å². The number of nitrogens with zero attached hydrogens (tertiary/aromatic N) is 2. The zero-order valence-corrected chi connectivity index (χ0v) is 14.4. The lowest BCUT2D eigenvalue weighted by Gasteiger charge is -2.30. The van der Waals surface area contributed by atoms with Crippen LogP contribution in [0.5, 0.6) is 0 Å². The van der Waals surface area contributed by atoms with Gasteiger partial charge in [0.25, 0.3) is 0 Å². The third kappa shape index (κ3) is 4.92. The van der Waals surface area contributed by atoms with Crippen LogP contribution < -0.4 is 5.73 Å². The van der Waals surface area contributed by atoms with Crippen molar-refractivity contribution in [3.8, 4) is 0 Å². The van der Waals surface area contributed by atoms with Gasteiger partial charge in [0.15, 0.2) is 5.69 Å². The maximum atomic E-state index is 11.7. The number of thiazole rings is 1. The molecule has 1 fully saturated rings. The molecular weight excluding hydrogens is 310 g/mol. The van der Waals surface area contributed by atoms with E-state index in [9.17, 15) is 4.79 Å². The van der Waals surface area contributed by atoms with Crippen molar-refractivity contribution in [3.05, 3.63) is 16.1 Å². The van der Waals surface area contributed by atoms with Crippen LogP contribution in [-0.4, -0.2) is 41.1 Å². The highest BCUT2D eigenvalue weighted by atomic mass is 35.5. The molecule has 21 heavy (non-hydrogen) atoms. The van der Waals surface area contributed by atoms with E-state index in [1.54, 1.807) is 12.3 Å². The van der Waals surface area contributed by atoms with Crippen molar-refractivity contribution in [2.24, 2.45) is 5.73 Å². The number of rotatable bonds is 5. The van der Waals surface area contributed by atoms with Crippen molar-refractivity contribution < 1.29 is 9.53 Å². The first kappa shape index (κ1) is 18.4. The summed E-state index contributed by atoms with van der Waals surface area (Å²) < 4.78 is 4.98. The maximum Gasteiger partial charge on any atom is 0.357 e. The molecule has 0 bridgehead atoms. The summed E-state index contributed by atoms with van der Waals surface area (Å²) in [5, 5.41) is 2.78. The fourth-order valence-electron chi connectivity index (χ4n) is 2.56. The van der Waals surface area contributed by atoms with Crippen LogP contribution in [0.3, 0.4) is 0 Å². The standard InChI is InChI=1S/C14H23N3O2S.ClH/c1-4-19-13(18)10-8-20-12(16-10)11-6-5-7-17(11)9-14(2,3)15;/h8,11H,4-7,9,15H2,1-3H3;1H. The lowest BCUT2D eigenvalue weighted by Crippen LogP contribution is -2.45. The predicted octanol–water partition coefficient (Wildman–Crippen LogP) is 2.62. The smallest absolute Gasteiger partial charge is 0.357 e. The second-order valence-electron chi connectivity index (χ2n) is 5.91. The Kier molecular flexibility index (Phi) is 6.59. The van der Waals surface area contributed by atoms with Crippen LogP contribution in [0.1, 0.15) is 55.2 Å². The van der Waals surface area contributed by atoms with Crippen LogP contribution in [0.25, 0.3) is 0 Å². The molecule has 7 heteroatoms.